The highest BCUT2D eigenvalue weighted by Gasteiger charge is 2.11. The molecule has 1 rings (SSSR count). The summed E-state index contributed by atoms with van der Waals surface area (Å²) < 4.78 is 0. The second kappa shape index (κ2) is 7.46. The monoisotopic (exact) mass is 245 g/mol. The van der Waals surface area contributed by atoms with Crippen LogP contribution in [0.15, 0.2) is 24.3 Å². The largest absolute Gasteiger partial charge is 0.348 e. The van der Waals surface area contributed by atoms with Crippen molar-refractivity contribution in [1.82, 2.24) is 5.32 Å². The van der Waals surface area contributed by atoms with E-state index in [4.69, 9.17) is 11.0 Å². The Kier molecular flexibility index (Phi) is 5.89. The second-order valence-corrected chi connectivity index (χ2v) is 4.18. The lowest BCUT2D eigenvalue weighted by Crippen LogP contribution is -2.34. The lowest BCUT2D eigenvalue weighted by Gasteiger charge is -2.13. The molecule has 3 N–H and O–H groups in total. The molecule has 4 heteroatoms. The first-order chi connectivity index (χ1) is 8.71. The maximum Gasteiger partial charge on any atom is 0.251 e. The van der Waals surface area contributed by atoms with Gasteiger partial charge in [-0.2, -0.15) is 5.26 Å². The molecule has 18 heavy (non-hydrogen) atoms. The summed E-state index contributed by atoms with van der Waals surface area (Å²) in [5.41, 5.74) is 7.21. The van der Waals surface area contributed by atoms with Crippen LogP contribution >= 0.6 is 0 Å². The number of hydrogen-bond acceptors (Lipinski definition) is 3. The zero-order valence-electron chi connectivity index (χ0n) is 10.6. The zero-order chi connectivity index (χ0) is 13.4. The molecule has 0 saturated heterocycles. The lowest BCUT2D eigenvalue weighted by atomic mass is 10.1. The van der Waals surface area contributed by atoms with Crippen molar-refractivity contribution >= 4 is 5.91 Å². The van der Waals surface area contributed by atoms with Crippen molar-refractivity contribution in [2.75, 3.05) is 6.54 Å². The smallest absolute Gasteiger partial charge is 0.251 e. The number of hydrogen-bond donors (Lipinski definition) is 2. The molecule has 96 valence electrons. The number of benzene rings is 1. The van der Waals surface area contributed by atoms with Crippen molar-refractivity contribution in [3.63, 3.8) is 0 Å². The standard InChI is InChI=1S/C14H19N3O/c1-2-13(8-10-16)17-14(18)12-5-3-11(4-6-12)7-9-15/h3-6,13H,2,7-9,15H2,1H3,(H,17,18). The van der Waals surface area contributed by atoms with E-state index in [1.807, 2.05) is 19.1 Å². The van der Waals surface area contributed by atoms with E-state index in [-0.39, 0.29) is 11.9 Å². The zero-order valence-corrected chi connectivity index (χ0v) is 10.6. The quantitative estimate of drug-likeness (QED) is 0.799. The Balaban J connectivity index is 2.63. The summed E-state index contributed by atoms with van der Waals surface area (Å²) in [6.45, 7) is 2.55. The number of carbonyl (C=O) groups excluding carboxylic acids is 1. The summed E-state index contributed by atoms with van der Waals surface area (Å²) in [5.74, 6) is -0.128. The van der Waals surface area contributed by atoms with Gasteiger partial charge in [0, 0.05) is 11.6 Å². The number of carbonyl (C=O) groups is 1. The van der Waals surface area contributed by atoms with Gasteiger partial charge in [0.15, 0.2) is 0 Å². The Hall–Kier alpha value is -1.86. The molecule has 0 aliphatic carbocycles. The van der Waals surface area contributed by atoms with Crippen molar-refractivity contribution in [3.05, 3.63) is 35.4 Å². The summed E-state index contributed by atoms with van der Waals surface area (Å²) in [4.78, 5) is 11.9. The van der Waals surface area contributed by atoms with Gasteiger partial charge in [-0.25, -0.2) is 0 Å². The van der Waals surface area contributed by atoms with Crippen LogP contribution in [0.2, 0.25) is 0 Å². The van der Waals surface area contributed by atoms with E-state index in [2.05, 4.69) is 11.4 Å². The summed E-state index contributed by atoms with van der Waals surface area (Å²) >= 11 is 0. The Morgan fingerprint density at radius 3 is 2.61 bits per heavy atom. The fourth-order valence-corrected chi connectivity index (χ4v) is 1.67. The number of nitriles is 1. The molecule has 0 aliphatic rings. The van der Waals surface area contributed by atoms with Crippen LogP contribution in [0.4, 0.5) is 0 Å². The highest BCUT2D eigenvalue weighted by Crippen LogP contribution is 2.06. The maximum atomic E-state index is 11.9. The van der Waals surface area contributed by atoms with E-state index in [0.717, 1.165) is 18.4 Å². The Labute approximate surface area is 108 Å². The molecule has 0 aromatic heterocycles. The molecule has 0 saturated carbocycles. The average molecular weight is 245 g/mol. The van der Waals surface area contributed by atoms with Crippen molar-refractivity contribution in [3.8, 4) is 6.07 Å². The first-order valence-electron chi connectivity index (χ1n) is 6.18. The van der Waals surface area contributed by atoms with Crippen LogP contribution in [0.3, 0.4) is 0 Å². The van der Waals surface area contributed by atoms with Crippen LogP contribution in [0.25, 0.3) is 0 Å². The SMILES string of the molecule is CCC(CC#N)NC(=O)c1ccc(CCN)cc1. The van der Waals surface area contributed by atoms with Gasteiger partial charge in [-0.15, -0.1) is 0 Å². The van der Waals surface area contributed by atoms with Crippen LogP contribution in [0.1, 0.15) is 35.7 Å². The molecule has 4 nitrogen and oxygen atoms in total. The van der Waals surface area contributed by atoms with E-state index < -0.39 is 0 Å². The third-order valence-corrected chi connectivity index (χ3v) is 2.81. The van der Waals surface area contributed by atoms with Crippen LogP contribution in [0, 0.1) is 11.3 Å². The van der Waals surface area contributed by atoms with Crippen molar-refractivity contribution < 1.29 is 4.79 Å². The Bertz CT molecular complexity index is 420. The number of rotatable bonds is 6. The normalized spacial score (nSPS) is 11.6. The van der Waals surface area contributed by atoms with Gasteiger partial charge >= 0.3 is 0 Å². The topological polar surface area (TPSA) is 78.9 Å². The van der Waals surface area contributed by atoms with Gasteiger partial charge in [-0.05, 0) is 37.1 Å². The highest BCUT2D eigenvalue weighted by molar-refractivity contribution is 5.94. The summed E-state index contributed by atoms with van der Waals surface area (Å²) in [6, 6.07) is 9.40. The molecule has 1 aromatic carbocycles. The molecule has 0 fully saturated rings. The van der Waals surface area contributed by atoms with Crippen LogP contribution in [-0.4, -0.2) is 18.5 Å². The third-order valence-electron chi connectivity index (χ3n) is 2.81. The molecule has 0 radical (unpaired) electrons. The third kappa shape index (κ3) is 4.19. The maximum absolute atomic E-state index is 11.9. The van der Waals surface area contributed by atoms with Crippen molar-refractivity contribution in [2.24, 2.45) is 5.73 Å². The fraction of sp³-hybridized carbons (Fsp3) is 0.429. The molecule has 0 heterocycles. The van der Waals surface area contributed by atoms with E-state index >= 15 is 0 Å². The number of nitrogens with one attached hydrogen (secondary N) is 1. The second-order valence-electron chi connectivity index (χ2n) is 4.18. The minimum absolute atomic E-state index is 0.0776. The van der Waals surface area contributed by atoms with E-state index in [0.29, 0.717) is 18.5 Å². The van der Waals surface area contributed by atoms with E-state index in [9.17, 15) is 4.79 Å². The number of amides is 1. The molecule has 1 amide bonds. The van der Waals surface area contributed by atoms with E-state index in [1.54, 1.807) is 12.1 Å². The molecule has 0 spiro atoms. The summed E-state index contributed by atoms with van der Waals surface area (Å²) in [7, 11) is 0. The predicted molar refractivity (Wildman–Crippen MR) is 71.0 cm³/mol. The van der Waals surface area contributed by atoms with Gasteiger partial charge in [0.25, 0.3) is 5.91 Å². The predicted octanol–water partition coefficient (Wildman–Crippen LogP) is 1.61. The summed E-state index contributed by atoms with van der Waals surface area (Å²) in [6.07, 6.45) is 1.91. The van der Waals surface area contributed by atoms with Crippen molar-refractivity contribution in [1.29, 1.82) is 5.26 Å². The molecule has 1 atom stereocenters. The Morgan fingerprint density at radius 2 is 2.11 bits per heavy atom. The summed E-state index contributed by atoms with van der Waals surface area (Å²) in [5, 5.41) is 11.5. The fourth-order valence-electron chi connectivity index (χ4n) is 1.67. The van der Waals surface area contributed by atoms with Gasteiger partial charge in [0.05, 0.1) is 12.5 Å². The highest BCUT2D eigenvalue weighted by atomic mass is 16.1. The lowest BCUT2D eigenvalue weighted by molar-refractivity contribution is 0.0936. The van der Waals surface area contributed by atoms with Gasteiger partial charge in [-0.3, -0.25) is 4.79 Å². The van der Waals surface area contributed by atoms with Gasteiger partial charge in [-0.1, -0.05) is 19.1 Å². The van der Waals surface area contributed by atoms with Gasteiger partial charge in [0.1, 0.15) is 0 Å². The first-order valence-corrected chi connectivity index (χ1v) is 6.18. The average Bonchev–Trinajstić information content (AvgIpc) is 2.39. The van der Waals surface area contributed by atoms with Crippen LogP contribution < -0.4 is 11.1 Å². The number of nitrogens with zero attached hydrogens (tertiary/aromatic N) is 1. The molecular weight excluding hydrogens is 226 g/mol. The molecule has 1 aromatic rings. The van der Waals surface area contributed by atoms with Crippen molar-refractivity contribution in [2.45, 2.75) is 32.2 Å². The Morgan fingerprint density at radius 1 is 1.44 bits per heavy atom. The molecular formula is C14H19N3O. The minimum Gasteiger partial charge on any atom is -0.348 e. The molecule has 0 aliphatic heterocycles. The van der Waals surface area contributed by atoms with E-state index in [1.165, 1.54) is 0 Å². The van der Waals surface area contributed by atoms with Crippen LogP contribution in [-0.2, 0) is 6.42 Å². The molecule has 1 unspecified atom stereocenters. The molecule has 0 bridgehead atoms. The first kappa shape index (κ1) is 14.2. The number of nitrogens with two attached hydrogens (primary N) is 1. The van der Waals surface area contributed by atoms with Gasteiger partial charge in [0.2, 0.25) is 0 Å². The van der Waals surface area contributed by atoms with Gasteiger partial charge < -0.3 is 11.1 Å². The van der Waals surface area contributed by atoms with Crippen LogP contribution in [0.5, 0.6) is 0 Å². The minimum atomic E-state index is -0.128.